The van der Waals surface area contributed by atoms with Crippen LogP contribution < -0.4 is 10.2 Å². The number of fused-ring (bicyclic) bond motifs is 1. The predicted octanol–water partition coefficient (Wildman–Crippen LogP) is 4.41. The number of rotatable bonds is 4. The molecular formula is C28H32N8O2S. The summed E-state index contributed by atoms with van der Waals surface area (Å²) in [7, 11) is 0. The topological polar surface area (TPSA) is 110 Å². The van der Waals surface area contributed by atoms with Crippen LogP contribution in [0.25, 0.3) is 11.0 Å². The van der Waals surface area contributed by atoms with Crippen LogP contribution in [0.3, 0.4) is 0 Å². The number of piperazine rings is 1. The Kier molecular flexibility index (Phi) is 6.90. The van der Waals surface area contributed by atoms with E-state index < -0.39 is 0 Å². The van der Waals surface area contributed by atoms with Gasteiger partial charge >= 0.3 is 6.03 Å². The Labute approximate surface area is 231 Å². The molecule has 0 unspecified atom stereocenters. The number of aryl methyl sites for hydroxylation is 2. The van der Waals surface area contributed by atoms with Crippen molar-refractivity contribution in [1.82, 2.24) is 29.7 Å². The summed E-state index contributed by atoms with van der Waals surface area (Å²) in [4.78, 5) is 48.9. The minimum absolute atomic E-state index is 0.115. The van der Waals surface area contributed by atoms with Gasteiger partial charge in [0.2, 0.25) is 5.95 Å². The van der Waals surface area contributed by atoms with Crippen LogP contribution in [0.15, 0.2) is 41.9 Å². The van der Waals surface area contributed by atoms with Crippen molar-refractivity contribution in [3.63, 3.8) is 0 Å². The third-order valence-corrected chi connectivity index (χ3v) is 8.73. The van der Waals surface area contributed by atoms with Crippen molar-refractivity contribution in [3.8, 4) is 0 Å². The molecule has 11 heteroatoms. The van der Waals surface area contributed by atoms with E-state index in [4.69, 9.17) is 0 Å². The molecule has 3 amide bonds. The van der Waals surface area contributed by atoms with Crippen molar-refractivity contribution in [2.24, 2.45) is 0 Å². The summed E-state index contributed by atoms with van der Waals surface area (Å²) in [6.07, 6.45) is 3.49. The number of hydrogen-bond acceptors (Lipinski definition) is 7. The zero-order chi connectivity index (χ0) is 26.9. The van der Waals surface area contributed by atoms with Crippen LogP contribution in [0.1, 0.15) is 45.4 Å². The Balaban J connectivity index is 1.01. The molecule has 0 spiro atoms. The van der Waals surface area contributed by atoms with Gasteiger partial charge in [-0.2, -0.15) is 0 Å². The number of nitrogens with zero attached hydrogens (tertiary/aromatic N) is 6. The molecule has 202 valence electrons. The lowest BCUT2D eigenvalue weighted by Crippen LogP contribution is -2.54. The molecule has 0 radical (unpaired) electrons. The second-order valence-corrected chi connectivity index (χ2v) is 11.2. The summed E-state index contributed by atoms with van der Waals surface area (Å²) < 4.78 is 0. The zero-order valence-corrected chi connectivity index (χ0v) is 23.0. The van der Waals surface area contributed by atoms with Crippen molar-refractivity contribution < 1.29 is 9.59 Å². The molecule has 2 fully saturated rings. The molecule has 3 aromatic heterocycles. The number of thiazole rings is 1. The van der Waals surface area contributed by atoms with Gasteiger partial charge in [0, 0.05) is 56.8 Å². The van der Waals surface area contributed by atoms with Gasteiger partial charge < -0.3 is 19.7 Å². The van der Waals surface area contributed by atoms with E-state index in [9.17, 15) is 9.59 Å². The molecule has 0 atom stereocenters. The number of benzene rings is 1. The maximum atomic E-state index is 13.2. The number of H-pyrrole nitrogens is 1. The summed E-state index contributed by atoms with van der Waals surface area (Å²) in [6.45, 7) is 8.47. The highest BCUT2D eigenvalue weighted by atomic mass is 32.1. The van der Waals surface area contributed by atoms with E-state index in [1.54, 1.807) is 11.6 Å². The number of piperidine rings is 1. The van der Waals surface area contributed by atoms with Crippen molar-refractivity contribution in [1.29, 1.82) is 0 Å². The minimum Gasteiger partial charge on any atom is -0.353 e. The lowest BCUT2D eigenvalue weighted by Gasteiger charge is -2.39. The number of pyridine rings is 1. The number of hydrogen-bond donors (Lipinski definition) is 2. The fraction of sp³-hybridized carbons (Fsp3) is 0.393. The summed E-state index contributed by atoms with van der Waals surface area (Å²) in [5.41, 5.74) is 4.44. The fourth-order valence-corrected chi connectivity index (χ4v) is 6.24. The van der Waals surface area contributed by atoms with Gasteiger partial charge in [0.05, 0.1) is 16.0 Å². The van der Waals surface area contributed by atoms with E-state index in [2.05, 4.69) is 37.1 Å². The molecule has 4 aromatic rings. The Hall–Kier alpha value is -3.99. The Morgan fingerprint density at radius 2 is 1.72 bits per heavy atom. The second-order valence-electron chi connectivity index (χ2n) is 10.3. The average Bonchev–Trinajstić information content (AvgIpc) is 3.61. The molecular weight excluding hydrogens is 512 g/mol. The molecule has 0 aliphatic carbocycles. The number of carbonyl (C=O) groups excluding carboxylic acids is 2. The first kappa shape index (κ1) is 25.3. The summed E-state index contributed by atoms with van der Waals surface area (Å²) >= 11 is 1.51. The lowest BCUT2D eigenvalue weighted by molar-refractivity contribution is 0.102. The number of aromatic amines is 1. The quantitative estimate of drug-likeness (QED) is 0.394. The SMILES string of the molecule is Cc1cc2nc(NC(=O)c3csc(C4CCN(C(=O)N5CCN(c6ccccn6)CC5)CC4)n3)[nH]c2cc1C. The standard InChI is InChI=1S/C28H32N8O2S/c1-18-15-21-22(16-19(18)2)32-27(31-21)33-25(37)23-17-39-26(30-23)20-6-9-35(10-7-20)28(38)36-13-11-34(12-14-36)24-5-3-4-8-29-24/h3-5,8,15-17,20H,6-7,9-14H2,1-2H3,(H2,31,32,33,37). The Morgan fingerprint density at radius 3 is 2.46 bits per heavy atom. The predicted molar refractivity (Wildman–Crippen MR) is 153 cm³/mol. The Bertz CT molecular complexity index is 1450. The molecule has 10 nitrogen and oxygen atoms in total. The molecule has 2 aliphatic heterocycles. The van der Waals surface area contributed by atoms with E-state index in [0.29, 0.717) is 37.8 Å². The van der Waals surface area contributed by atoms with Gasteiger partial charge in [0.1, 0.15) is 11.5 Å². The van der Waals surface area contributed by atoms with E-state index in [1.807, 2.05) is 47.1 Å². The van der Waals surface area contributed by atoms with Gasteiger partial charge in [0.25, 0.3) is 5.91 Å². The van der Waals surface area contributed by atoms with Crippen LogP contribution in [0.5, 0.6) is 0 Å². The van der Waals surface area contributed by atoms with Gasteiger partial charge in [-0.3, -0.25) is 10.1 Å². The maximum absolute atomic E-state index is 13.2. The smallest absolute Gasteiger partial charge is 0.320 e. The van der Waals surface area contributed by atoms with Gasteiger partial charge in [0.15, 0.2) is 0 Å². The molecule has 2 N–H and O–H groups in total. The summed E-state index contributed by atoms with van der Waals surface area (Å²) in [5, 5.41) is 5.60. The summed E-state index contributed by atoms with van der Waals surface area (Å²) in [6, 6.07) is 10.1. The molecule has 0 bridgehead atoms. The van der Waals surface area contributed by atoms with Crippen molar-refractivity contribution in [3.05, 3.63) is 63.7 Å². The number of urea groups is 1. The zero-order valence-electron chi connectivity index (χ0n) is 22.2. The van der Waals surface area contributed by atoms with Crippen LogP contribution in [0, 0.1) is 13.8 Å². The molecule has 5 heterocycles. The normalized spacial score (nSPS) is 16.6. The van der Waals surface area contributed by atoms with Crippen molar-refractivity contribution in [2.75, 3.05) is 49.5 Å². The van der Waals surface area contributed by atoms with Gasteiger partial charge in [-0.1, -0.05) is 6.07 Å². The largest absolute Gasteiger partial charge is 0.353 e. The molecule has 2 aliphatic rings. The number of nitrogens with one attached hydrogen (secondary N) is 2. The first-order chi connectivity index (χ1) is 18.9. The number of imidazole rings is 1. The molecule has 2 saturated heterocycles. The van der Waals surface area contributed by atoms with Crippen molar-refractivity contribution in [2.45, 2.75) is 32.6 Å². The number of aromatic nitrogens is 4. The highest BCUT2D eigenvalue weighted by molar-refractivity contribution is 7.10. The van der Waals surface area contributed by atoms with Gasteiger partial charge in [-0.25, -0.2) is 19.7 Å². The second kappa shape index (κ2) is 10.6. The number of amides is 3. The first-order valence-electron chi connectivity index (χ1n) is 13.4. The van der Waals surface area contributed by atoms with Crippen LogP contribution in [0.2, 0.25) is 0 Å². The highest BCUT2D eigenvalue weighted by Gasteiger charge is 2.30. The highest BCUT2D eigenvalue weighted by Crippen LogP contribution is 2.31. The van der Waals surface area contributed by atoms with E-state index >= 15 is 0 Å². The molecule has 1 aromatic carbocycles. The van der Waals surface area contributed by atoms with E-state index in [-0.39, 0.29) is 17.9 Å². The van der Waals surface area contributed by atoms with Crippen LogP contribution >= 0.6 is 11.3 Å². The Morgan fingerprint density at radius 1 is 0.974 bits per heavy atom. The van der Waals surface area contributed by atoms with E-state index in [0.717, 1.165) is 53.4 Å². The maximum Gasteiger partial charge on any atom is 0.320 e. The first-order valence-corrected chi connectivity index (χ1v) is 14.3. The van der Waals surface area contributed by atoms with Crippen LogP contribution in [0.4, 0.5) is 16.6 Å². The molecule has 0 saturated carbocycles. The number of likely N-dealkylation sites (tertiary alicyclic amines) is 1. The van der Waals surface area contributed by atoms with Gasteiger partial charge in [-0.15, -0.1) is 11.3 Å². The molecule has 39 heavy (non-hydrogen) atoms. The van der Waals surface area contributed by atoms with Crippen LogP contribution in [-0.4, -0.2) is 80.9 Å². The summed E-state index contributed by atoms with van der Waals surface area (Å²) in [5.74, 6) is 1.35. The number of carbonyl (C=O) groups is 2. The van der Waals surface area contributed by atoms with Gasteiger partial charge in [-0.05, 0) is 62.1 Å². The van der Waals surface area contributed by atoms with Crippen molar-refractivity contribution >= 4 is 46.1 Å². The molecule has 6 rings (SSSR count). The van der Waals surface area contributed by atoms with Crippen LogP contribution in [-0.2, 0) is 0 Å². The number of anilines is 2. The third kappa shape index (κ3) is 5.31. The fourth-order valence-electron chi connectivity index (χ4n) is 5.27. The average molecular weight is 545 g/mol. The lowest BCUT2D eigenvalue weighted by atomic mass is 9.98. The van der Waals surface area contributed by atoms with E-state index in [1.165, 1.54) is 16.9 Å². The third-order valence-electron chi connectivity index (χ3n) is 7.72. The minimum atomic E-state index is -0.276. The monoisotopic (exact) mass is 544 g/mol.